The second-order valence-electron chi connectivity index (χ2n) is 6.17. The second kappa shape index (κ2) is 6.84. The predicted molar refractivity (Wildman–Crippen MR) is 103 cm³/mol. The third kappa shape index (κ3) is 3.18. The topological polar surface area (TPSA) is 35.0 Å². The van der Waals surface area contributed by atoms with E-state index in [1.807, 2.05) is 30.3 Å². The maximum Gasteiger partial charge on any atom is 0.321 e. The Morgan fingerprint density at radius 3 is 2.65 bits per heavy atom. The fraction of sp³-hybridized carbons (Fsp3) is 0.143. The number of halogens is 1. The van der Waals surface area contributed by atoms with Gasteiger partial charge in [0.25, 0.3) is 0 Å². The van der Waals surface area contributed by atoms with Crippen LogP contribution < -0.4 is 4.74 Å². The minimum Gasteiger partial charge on any atom is -0.424 e. The van der Waals surface area contributed by atoms with Gasteiger partial charge in [0.2, 0.25) is 0 Å². The van der Waals surface area contributed by atoms with Crippen LogP contribution in [0.5, 0.6) is 11.8 Å². The lowest BCUT2D eigenvalue weighted by Crippen LogP contribution is -1.94. The standard InChI is InChI=1S/C21H17FN2OS/c1-13-5-3-6-15(20(13)22)11-18-14(2)17-8-7-16(12-19(17)26-18)25-21-23-9-4-10-24-21/h3-10,12H,11H2,1-2H3. The Morgan fingerprint density at radius 2 is 1.85 bits per heavy atom. The quantitative estimate of drug-likeness (QED) is 0.457. The number of fused-ring (bicyclic) bond motifs is 1. The SMILES string of the molecule is Cc1cccc(Cc2sc3cc(Oc4ncccn4)ccc3c2C)c1F. The van der Waals surface area contributed by atoms with Crippen LogP contribution in [0.25, 0.3) is 10.1 Å². The van der Waals surface area contributed by atoms with Crippen LogP contribution in [-0.4, -0.2) is 9.97 Å². The molecule has 0 bridgehead atoms. The summed E-state index contributed by atoms with van der Waals surface area (Å²) >= 11 is 1.67. The molecule has 0 aliphatic rings. The Hall–Kier alpha value is -2.79. The summed E-state index contributed by atoms with van der Waals surface area (Å²) in [6.07, 6.45) is 3.88. The van der Waals surface area contributed by atoms with Crippen LogP contribution in [-0.2, 0) is 6.42 Å². The molecule has 4 rings (SSSR count). The van der Waals surface area contributed by atoms with Gasteiger partial charge in [0.15, 0.2) is 0 Å². The zero-order chi connectivity index (χ0) is 18.1. The number of hydrogen-bond donors (Lipinski definition) is 0. The third-order valence-corrected chi connectivity index (χ3v) is 5.64. The van der Waals surface area contributed by atoms with Gasteiger partial charge in [0, 0.05) is 28.4 Å². The van der Waals surface area contributed by atoms with E-state index in [-0.39, 0.29) is 5.82 Å². The van der Waals surface area contributed by atoms with Crippen molar-refractivity contribution < 1.29 is 9.13 Å². The Balaban J connectivity index is 1.67. The van der Waals surface area contributed by atoms with E-state index in [0.717, 1.165) is 15.1 Å². The van der Waals surface area contributed by atoms with Gasteiger partial charge in [-0.2, -0.15) is 0 Å². The maximum absolute atomic E-state index is 14.4. The average molecular weight is 364 g/mol. The molecule has 0 atom stereocenters. The van der Waals surface area contributed by atoms with Gasteiger partial charge in [0.1, 0.15) is 11.6 Å². The number of aromatic nitrogens is 2. The molecule has 0 fully saturated rings. The van der Waals surface area contributed by atoms with Crippen LogP contribution in [0, 0.1) is 19.7 Å². The van der Waals surface area contributed by atoms with E-state index in [1.54, 1.807) is 42.8 Å². The van der Waals surface area contributed by atoms with Crippen LogP contribution in [0.3, 0.4) is 0 Å². The minimum atomic E-state index is -0.116. The summed E-state index contributed by atoms with van der Waals surface area (Å²) < 4.78 is 21.2. The Labute approximate surface area is 155 Å². The van der Waals surface area contributed by atoms with Crippen LogP contribution >= 0.6 is 11.3 Å². The summed E-state index contributed by atoms with van der Waals surface area (Å²) in [7, 11) is 0. The number of hydrogen-bond acceptors (Lipinski definition) is 4. The fourth-order valence-corrected chi connectivity index (χ4v) is 4.21. The molecular weight excluding hydrogens is 347 g/mol. The van der Waals surface area contributed by atoms with Crippen molar-refractivity contribution in [1.29, 1.82) is 0 Å². The molecule has 26 heavy (non-hydrogen) atoms. The van der Waals surface area contributed by atoms with E-state index in [0.29, 0.717) is 23.7 Å². The molecule has 2 heterocycles. The summed E-state index contributed by atoms with van der Waals surface area (Å²) in [5.74, 6) is 0.577. The summed E-state index contributed by atoms with van der Waals surface area (Å²) in [6.45, 7) is 3.88. The Bertz CT molecular complexity index is 1080. The number of rotatable bonds is 4. The molecule has 0 radical (unpaired) electrons. The lowest BCUT2D eigenvalue weighted by molar-refractivity contribution is 0.442. The molecule has 2 aromatic heterocycles. The number of ether oxygens (including phenoxy) is 1. The highest BCUT2D eigenvalue weighted by Crippen LogP contribution is 2.35. The van der Waals surface area contributed by atoms with Crippen molar-refractivity contribution in [3.05, 3.63) is 82.2 Å². The minimum absolute atomic E-state index is 0.116. The zero-order valence-electron chi connectivity index (χ0n) is 14.5. The predicted octanol–water partition coefficient (Wildman–Crippen LogP) is 5.83. The van der Waals surface area contributed by atoms with Crippen molar-refractivity contribution in [1.82, 2.24) is 9.97 Å². The summed E-state index contributed by atoms with van der Waals surface area (Å²) in [5, 5.41) is 1.17. The monoisotopic (exact) mass is 364 g/mol. The van der Waals surface area contributed by atoms with E-state index in [1.165, 1.54) is 10.9 Å². The normalized spacial score (nSPS) is 11.0. The molecule has 130 valence electrons. The summed E-state index contributed by atoms with van der Waals surface area (Å²) in [4.78, 5) is 9.32. The molecule has 0 spiro atoms. The molecular formula is C21H17FN2OS. The number of aryl methyl sites for hydroxylation is 2. The lowest BCUT2D eigenvalue weighted by atomic mass is 10.0. The van der Waals surface area contributed by atoms with E-state index in [2.05, 4.69) is 16.9 Å². The maximum atomic E-state index is 14.4. The van der Waals surface area contributed by atoms with Gasteiger partial charge in [0.05, 0.1) is 0 Å². The van der Waals surface area contributed by atoms with Gasteiger partial charge < -0.3 is 4.74 Å². The van der Waals surface area contributed by atoms with Gasteiger partial charge in [-0.05, 0) is 60.2 Å². The number of benzene rings is 2. The van der Waals surface area contributed by atoms with Gasteiger partial charge in [-0.25, -0.2) is 14.4 Å². The van der Waals surface area contributed by atoms with Crippen molar-refractivity contribution in [2.75, 3.05) is 0 Å². The summed E-state index contributed by atoms with van der Waals surface area (Å²) in [6, 6.07) is 13.6. The van der Waals surface area contributed by atoms with Crippen molar-refractivity contribution in [2.24, 2.45) is 0 Å². The van der Waals surface area contributed by atoms with Crippen molar-refractivity contribution in [3.8, 4) is 11.8 Å². The molecule has 0 N–H and O–H groups in total. The largest absolute Gasteiger partial charge is 0.424 e. The van der Waals surface area contributed by atoms with Gasteiger partial charge in [-0.3, -0.25) is 0 Å². The molecule has 0 aliphatic carbocycles. The molecule has 3 nitrogen and oxygen atoms in total. The van der Waals surface area contributed by atoms with Crippen molar-refractivity contribution in [2.45, 2.75) is 20.3 Å². The molecule has 0 aliphatic heterocycles. The molecule has 0 saturated carbocycles. The average Bonchev–Trinajstić information content (AvgIpc) is 2.95. The lowest BCUT2D eigenvalue weighted by Gasteiger charge is -2.05. The molecule has 4 aromatic rings. The molecule has 5 heteroatoms. The zero-order valence-corrected chi connectivity index (χ0v) is 15.3. The highest BCUT2D eigenvalue weighted by atomic mass is 32.1. The number of nitrogens with zero attached hydrogens (tertiary/aromatic N) is 2. The third-order valence-electron chi connectivity index (χ3n) is 4.38. The first-order chi connectivity index (χ1) is 12.6. The van der Waals surface area contributed by atoms with Crippen LogP contribution in [0.15, 0.2) is 54.9 Å². The Kier molecular flexibility index (Phi) is 4.39. The first-order valence-corrected chi connectivity index (χ1v) is 9.14. The van der Waals surface area contributed by atoms with Crippen LogP contribution in [0.1, 0.15) is 21.6 Å². The first-order valence-electron chi connectivity index (χ1n) is 8.32. The molecule has 0 amide bonds. The fourth-order valence-electron chi connectivity index (χ4n) is 2.95. The second-order valence-corrected chi connectivity index (χ2v) is 7.30. The molecule has 0 unspecified atom stereocenters. The van der Waals surface area contributed by atoms with Crippen molar-refractivity contribution >= 4 is 21.4 Å². The van der Waals surface area contributed by atoms with Crippen LogP contribution in [0.2, 0.25) is 0 Å². The number of thiophene rings is 1. The van der Waals surface area contributed by atoms with Crippen LogP contribution in [0.4, 0.5) is 4.39 Å². The van der Waals surface area contributed by atoms with Gasteiger partial charge in [-0.1, -0.05) is 18.2 Å². The van der Waals surface area contributed by atoms with E-state index in [4.69, 9.17) is 4.74 Å². The van der Waals surface area contributed by atoms with E-state index in [9.17, 15) is 4.39 Å². The smallest absolute Gasteiger partial charge is 0.321 e. The van der Waals surface area contributed by atoms with Gasteiger partial charge >= 0.3 is 6.01 Å². The van der Waals surface area contributed by atoms with Crippen molar-refractivity contribution in [3.63, 3.8) is 0 Å². The highest BCUT2D eigenvalue weighted by molar-refractivity contribution is 7.19. The van der Waals surface area contributed by atoms with E-state index >= 15 is 0 Å². The molecule has 2 aromatic carbocycles. The van der Waals surface area contributed by atoms with Gasteiger partial charge in [-0.15, -0.1) is 11.3 Å². The molecule has 0 saturated heterocycles. The Morgan fingerprint density at radius 1 is 1.04 bits per heavy atom. The summed E-state index contributed by atoms with van der Waals surface area (Å²) in [5.41, 5.74) is 2.60. The van der Waals surface area contributed by atoms with E-state index < -0.39 is 0 Å². The first kappa shape index (κ1) is 16.7. The highest BCUT2D eigenvalue weighted by Gasteiger charge is 2.13.